The van der Waals surface area contributed by atoms with Crippen LogP contribution in [0.15, 0.2) is 72.8 Å². The van der Waals surface area contributed by atoms with E-state index in [2.05, 4.69) is 103 Å². The van der Waals surface area contributed by atoms with Gasteiger partial charge in [0.05, 0.1) is 16.4 Å². The van der Waals surface area contributed by atoms with Crippen LogP contribution in [0.4, 0.5) is 0 Å². The lowest BCUT2D eigenvalue weighted by Crippen LogP contribution is -2.33. The summed E-state index contributed by atoms with van der Waals surface area (Å²) >= 11 is 0. The molecule has 3 aromatic heterocycles. The average molecular weight is 385 g/mol. The lowest BCUT2D eigenvalue weighted by atomic mass is 9.91. The molecule has 0 aliphatic rings. The largest absolute Gasteiger partial charge is 0.303 e. The monoisotopic (exact) mass is 385 g/mol. The first kappa shape index (κ1) is 16.2. The number of hydrogen-bond acceptors (Lipinski definition) is 0. The summed E-state index contributed by atoms with van der Waals surface area (Å²) in [4.78, 5) is 0. The Morgan fingerprint density at radius 2 is 1.30 bits per heavy atom. The third-order valence-electron chi connectivity index (χ3n) is 7.12. The number of benzene rings is 4. The van der Waals surface area contributed by atoms with E-state index in [9.17, 15) is 0 Å². The molecule has 0 amide bonds. The Balaban J connectivity index is 2.01. The smallest absolute Gasteiger partial charge is 0.238 e. The summed E-state index contributed by atoms with van der Waals surface area (Å²) in [5, 5.41) is 9.42. The van der Waals surface area contributed by atoms with E-state index < -0.39 is 0 Å². The second-order valence-electron chi connectivity index (χ2n) is 8.55. The maximum Gasteiger partial charge on any atom is 0.238 e. The fourth-order valence-corrected chi connectivity index (χ4v) is 5.70. The molecule has 2 heteroatoms. The Kier molecular flexibility index (Phi) is 2.85. The molecule has 7 rings (SSSR count). The van der Waals surface area contributed by atoms with E-state index in [0.717, 1.165) is 0 Å². The van der Waals surface area contributed by atoms with Crippen LogP contribution in [-0.4, -0.2) is 4.40 Å². The van der Waals surface area contributed by atoms with Crippen LogP contribution < -0.4 is 4.57 Å². The highest BCUT2D eigenvalue weighted by Crippen LogP contribution is 2.43. The van der Waals surface area contributed by atoms with Crippen molar-refractivity contribution in [2.24, 2.45) is 7.05 Å². The molecule has 0 fully saturated rings. The van der Waals surface area contributed by atoms with Crippen molar-refractivity contribution in [3.05, 3.63) is 84.1 Å². The molecular weight excluding hydrogens is 364 g/mol. The fraction of sp³-hybridized carbons (Fsp3) is 0.107. The molecule has 30 heavy (non-hydrogen) atoms. The summed E-state index contributed by atoms with van der Waals surface area (Å²) in [6.07, 6.45) is 0. The molecule has 7 aromatic rings. The number of hydrogen-bond donors (Lipinski definition) is 0. The van der Waals surface area contributed by atoms with Crippen LogP contribution in [0.3, 0.4) is 0 Å². The van der Waals surface area contributed by atoms with Gasteiger partial charge >= 0.3 is 0 Å². The number of pyridine rings is 2. The minimum Gasteiger partial charge on any atom is -0.303 e. The predicted molar refractivity (Wildman–Crippen MR) is 127 cm³/mol. The maximum absolute atomic E-state index is 2.49. The number of fused-ring (bicyclic) bond motifs is 7. The van der Waals surface area contributed by atoms with Crippen LogP contribution >= 0.6 is 0 Å². The summed E-state index contributed by atoms with van der Waals surface area (Å²) < 4.78 is 4.87. The molecule has 4 aromatic carbocycles. The standard InChI is InChI=1S/C28H21N2/c1-16-15-22-20-11-6-7-13-23(20)30-24-14-8-12-21-19-10-5-4-9-18(19)17(2)25(26(21)24)28(27(22)30)29(16)3/h4-15H,1-3H3/q+1. The van der Waals surface area contributed by atoms with Crippen LogP contribution in [0.5, 0.6) is 0 Å². The summed E-state index contributed by atoms with van der Waals surface area (Å²) in [6.45, 7) is 4.51. The highest BCUT2D eigenvalue weighted by atomic mass is 15.0. The molecule has 0 aliphatic heterocycles. The molecule has 0 saturated heterocycles. The van der Waals surface area contributed by atoms with Crippen molar-refractivity contribution in [1.82, 2.24) is 4.40 Å². The molecule has 2 nitrogen and oxygen atoms in total. The van der Waals surface area contributed by atoms with Gasteiger partial charge in [0.15, 0.2) is 5.69 Å². The number of para-hydroxylation sites is 1. The molecule has 0 saturated carbocycles. The van der Waals surface area contributed by atoms with Crippen molar-refractivity contribution < 1.29 is 4.57 Å². The Hall–Kier alpha value is -3.65. The third-order valence-corrected chi connectivity index (χ3v) is 7.12. The summed E-state index contributed by atoms with van der Waals surface area (Å²) in [7, 11) is 2.21. The Morgan fingerprint density at radius 1 is 0.633 bits per heavy atom. The van der Waals surface area contributed by atoms with Gasteiger partial charge < -0.3 is 4.40 Å². The predicted octanol–water partition coefficient (Wildman–Crippen LogP) is 6.58. The lowest BCUT2D eigenvalue weighted by molar-refractivity contribution is -0.650. The van der Waals surface area contributed by atoms with Crippen molar-refractivity contribution in [2.75, 3.05) is 0 Å². The Morgan fingerprint density at radius 3 is 2.13 bits per heavy atom. The van der Waals surface area contributed by atoms with Gasteiger partial charge in [-0.3, -0.25) is 0 Å². The van der Waals surface area contributed by atoms with E-state index in [1.165, 1.54) is 71.0 Å². The van der Waals surface area contributed by atoms with Gasteiger partial charge in [-0.05, 0) is 40.8 Å². The van der Waals surface area contributed by atoms with Crippen LogP contribution in [0.2, 0.25) is 0 Å². The van der Waals surface area contributed by atoms with Crippen molar-refractivity contribution in [3.63, 3.8) is 0 Å². The Bertz CT molecular complexity index is 1820. The first-order valence-corrected chi connectivity index (χ1v) is 10.5. The molecule has 0 unspecified atom stereocenters. The van der Waals surface area contributed by atoms with Crippen LogP contribution in [0.1, 0.15) is 11.3 Å². The van der Waals surface area contributed by atoms with Crippen molar-refractivity contribution in [3.8, 4) is 0 Å². The van der Waals surface area contributed by atoms with Gasteiger partial charge in [0.2, 0.25) is 5.52 Å². The maximum atomic E-state index is 2.49. The summed E-state index contributed by atoms with van der Waals surface area (Å²) in [6, 6.07) is 26.8. The quantitative estimate of drug-likeness (QED) is 0.158. The van der Waals surface area contributed by atoms with E-state index in [-0.39, 0.29) is 0 Å². The molecule has 0 atom stereocenters. The van der Waals surface area contributed by atoms with Crippen molar-refractivity contribution in [2.45, 2.75) is 13.8 Å². The Labute approximate surface area is 173 Å². The molecule has 0 bridgehead atoms. The minimum atomic E-state index is 1.28. The average Bonchev–Trinajstić information content (AvgIpc) is 3.10. The van der Waals surface area contributed by atoms with Gasteiger partial charge in [-0.1, -0.05) is 54.6 Å². The van der Waals surface area contributed by atoms with Gasteiger partial charge in [0, 0.05) is 29.1 Å². The lowest BCUT2D eigenvalue weighted by Gasteiger charge is -2.16. The number of nitrogens with zero attached hydrogens (tertiary/aromatic N) is 2. The molecule has 142 valence electrons. The third kappa shape index (κ3) is 1.70. The van der Waals surface area contributed by atoms with Gasteiger partial charge in [-0.25, -0.2) is 0 Å². The zero-order chi connectivity index (χ0) is 20.1. The molecule has 0 aliphatic carbocycles. The topological polar surface area (TPSA) is 8.29 Å². The van der Waals surface area contributed by atoms with Crippen molar-refractivity contribution in [1.29, 1.82) is 0 Å². The van der Waals surface area contributed by atoms with E-state index >= 15 is 0 Å². The first-order chi connectivity index (χ1) is 14.7. The van der Waals surface area contributed by atoms with E-state index in [4.69, 9.17) is 0 Å². The SMILES string of the molecule is Cc1c2ccccc2c2cccc3c2c1c1c2c(cc(C)[n+]1C)c1ccccc1n32. The zero-order valence-corrected chi connectivity index (χ0v) is 17.3. The molecular formula is C28H21N2+. The van der Waals surface area contributed by atoms with Gasteiger partial charge in [-0.15, -0.1) is 0 Å². The molecule has 0 N–H and O–H groups in total. The van der Waals surface area contributed by atoms with Crippen LogP contribution in [-0.2, 0) is 7.05 Å². The fourth-order valence-electron chi connectivity index (χ4n) is 5.70. The van der Waals surface area contributed by atoms with E-state index in [1.54, 1.807) is 0 Å². The number of aromatic nitrogens is 2. The molecule has 0 spiro atoms. The highest BCUT2D eigenvalue weighted by Gasteiger charge is 2.26. The van der Waals surface area contributed by atoms with Crippen LogP contribution in [0.25, 0.3) is 59.8 Å². The second-order valence-corrected chi connectivity index (χ2v) is 8.55. The molecule has 3 heterocycles. The highest BCUT2D eigenvalue weighted by molar-refractivity contribution is 6.30. The normalized spacial score (nSPS) is 12.5. The minimum absolute atomic E-state index is 1.28. The van der Waals surface area contributed by atoms with Gasteiger partial charge in [0.25, 0.3) is 0 Å². The second kappa shape index (κ2) is 5.28. The van der Waals surface area contributed by atoms with Crippen LogP contribution in [0, 0.1) is 13.8 Å². The van der Waals surface area contributed by atoms with E-state index in [1.807, 2.05) is 0 Å². The first-order valence-electron chi connectivity index (χ1n) is 10.5. The van der Waals surface area contributed by atoms with E-state index in [0.29, 0.717) is 0 Å². The zero-order valence-electron chi connectivity index (χ0n) is 17.3. The van der Waals surface area contributed by atoms with Gasteiger partial charge in [0.1, 0.15) is 12.6 Å². The summed E-state index contributed by atoms with van der Waals surface area (Å²) in [5.74, 6) is 0. The van der Waals surface area contributed by atoms with Gasteiger partial charge in [-0.2, -0.15) is 4.57 Å². The van der Waals surface area contributed by atoms with Crippen molar-refractivity contribution >= 4 is 59.8 Å². The number of rotatable bonds is 0. The molecule has 0 radical (unpaired) electrons. The number of aryl methyl sites for hydroxylation is 3. The summed E-state index contributed by atoms with van der Waals surface area (Å²) in [5.41, 5.74) is 7.86.